The molecule has 0 saturated carbocycles. The first-order valence-electron chi connectivity index (χ1n) is 9.55. The number of carbonyl (C=O) groups excluding carboxylic acids is 1. The van der Waals surface area contributed by atoms with Crippen LogP contribution in [-0.2, 0) is 23.1 Å². The van der Waals surface area contributed by atoms with Crippen LogP contribution in [-0.4, -0.2) is 39.6 Å². The summed E-state index contributed by atoms with van der Waals surface area (Å²) >= 11 is 1.78. The highest BCUT2D eigenvalue weighted by molar-refractivity contribution is 7.98. The van der Waals surface area contributed by atoms with Crippen LogP contribution < -0.4 is 4.90 Å². The van der Waals surface area contributed by atoms with Gasteiger partial charge in [0.25, 0.3) is 0 Å². The molecule has 0 spiro atoms. The maximum absolute atomic E-state index is 13.1. The normalized spacial score (nSPS) is 17.7. The lowest BCUT2D eigenvalue weighted by molar-refractivity contribution is -0.122. The third-order valence-electron chi connectivity index (χ3n) is 6.13. The maximum atomic E-state index is 13.1. The van der Waals surface area contributed by atoms with Crippen molar-refractivity contribution in [3.63, 3.8) is 0 Å². The second-order valence-corrected chi connectivity index (χ2v) is 9.08. The summed E-state index contributed by atoms with van der Waals surface area (Å²) in [5.41, 5.74) is 7.76. The molecule has 1 aliphatic carbocycles. The molecule has 0 fully saturated rings. The number of carbonyl (C=O) groups is 1. The fourth-order valence-corrected chi connectivity index (χ4v) is 4.99. The molecular weight excluding hydrogens is 356 g/mol. The molecule has 1 aromatic carbocycles. The van der Waals surface area contributed by atoms with Gasteiger partial charge in [-0.3, -0.25) is 9.89 Å². The number of aromatic nitrogens is 3. The van der Waals surface area contributed by atoms with Crippen molar-refractivity contribution in [1.82, 2.24) is 15.2 Å². The van der Waals surface area contributed by atoms with Crippen LogP contribution in [0.25, 0.3) is 22.3 Å². The summed E-state index contributed by atoms with van der Waals surface area (Å²) in [4.78, 5) is 18.7. The maximum Gasteiger partial charge on any atom is 0.237 e. The van der Waals surface area contributed by atoms with Gasteiger partial charge < -0.3 is 9.88 Å². The Hall–Kier alpha value is -2.21. The van der Waals surface area contributed by atoms with E-state index >= 15 is 0 Å². The Balaban J connectivity index is 1.73. The molecule has 2 N–H and O–H groups in total. The van der Waals surface area contributed by atoms with Gasteiger partial charge in [0.05, 0.1) is 23.0 Å². The number of thioether (sulfide) groups is 1. The van der Waals surface area contributed by atoms with Gasteiger partial charge in [-0.05, 0) is 68.2 Å². The molecule has 2 aromatic heterocycles. The van der Waals surface area contributed by atoms with E-state index in [-0.39, 0.29) is 5.91 Å². The molecule has 0 saturated heterocycles. The van der Waals surface area contributed by atoms with Crippen LogP contribution in [0, 0.1) is 0 Å². The van der Waals surface area contributed by atoms with Gasteiger partial charge in [-0.2, -0.15) is 16.9 Å². The number of nitrogens with one attached hydrogen (secondary N) is 2. The van der Waals surface area contributed by atoms with Crippen molar-refractivity contribution in [1.29, 1.82) is 0 Å². The van der Waals surface area contributed by atoms with Crippen LogP contribution in [0.1, 0.15) is 37.0 Å². The minimum absolute atomic E-state index is 0.209. The molecule has 0 atom stereocenters. The number of rotatable bonds is 3. The lowest BCUT2D eigenvalue weighted by Gasteiger charge is -2.19. The Morgan fingerprint density at radius 1 is 1.26 bits per heavy atom. The summed E-state index contributed by atoms with van der Waals surface area (Å²) in [6.45, 7) is 4.85. The standard InChI is InChI=1S/C21H24N4OS/c1-21(2)15-10-16-14(9-17(15)25(20(21)26)7-8-27-3)13-6-4-5-12-11-22-24-18(12)19(13)23-16/h9-11,23H,4-8H2,1-3H3,(H,22,24). The fraction of sp³-hybridized carbons (Fsp3) is 0.429. The zero-order valence-corrected chi connectivity index (χ0v) is 16.8. The van der Waals surface area contributed by atoms with E-state index in [0.717, 1.165) is 54.0 Å². The monoisotopic (exact) mass is 380 g/mol. The molecular formula is C21H24N4OS. The summed E-state index contributed by atoms with van der Waals surface area (Å²) in [6.07, 6.45) is 7.24. The number of fused-ring (bicyclic) bond motifs is 6. The Labute approximate surface area is 162 Å². The van der Waals surface area contributed by atoms with Crippen LogP contribution in [0.2, 0.25) is 0 Å². The molecule has 3 aromatic rings. The third kappa shape index (κ3) is 2.32. The van der Waals surface area contributed by atoms with Crippen molar-refractivity contribution in [3.8, 4) is 11.4 Å². The molecule has 1 aliphatic heterocycles. The van der Waals surface area contributed by atoms with Crippen LogP contribution >= 0.6 is 11.8 Å². The van der Waals surface area contributed by atoms with E-state index in [4.69, 9.17) is 0 Å². The average Bonchev–Trinajstić information content (AvgIpc) is 3.26. The molecule has 0 unspecified atom stereocenters. The first kappa shape index (κ1) is 16.9. The average molecular weight is 381 g/mol. The van der Waals surface area contributed by atoms with Gasteiger partial charge in [0.2, 0.25) is 5.91 Å². The summed E-state index contributed by atoms with van der Waals surface area (Å²) in [7, 11) is 0. The number of aryl methyl sites for hydroxylation is 2. The molecule has 5 rings (SSSR count). The SMILES string of the molecule is CSCCN1C(=O)C(C)(C)c2cc3[nH]c4c(c3cc21)CCCc1cn[nH]c1-4. The number of hydrogen-bond donors (Lipinski definition) is 2. The van der Waals surface area contributed by atoms with Gasteiger partial charge in [-0.15, -0.1) is 0 Å². The van der Waals surface area contributed by atoms with E-state index in [0.29, 0.717) is 0 Å². The van der Waals surface area contributed by atoms with Crippen LogP contribution in [0.3, 0.4) is 0 Å². The highest BCUT2D eigenvalue weighted by atomic mass is 32.2. The Morgan fingerprint density at radius 3 is 2.93 bits per heavy atom. The highest BCUT2D eigenvalue weighted by Gasteiger charge is 2.44. The van der Waals surface area contributed by atoms with Gasteiger partial charge in [-0.25, -0.2) is 0 Å². The van der Waals surface area contributed by atoms with Crippen LogP contribution in [0.4, 0.5) is 5.69 Å². The molecule has 0 bridgehead atoms. The molecule has 140 valence electrons. The highest BCUT2D eigenvalue weighted by Crippen LogP contribution is 2.45. The summed E-state index contributed by atoms with van der Waals surface area (Å²) in [6, 6.07) is 4.45. The third-order valence-corrected chi connectivity index (χ3v) is 6.72. The summed E-state index contributed by atoms with van der Waals surface area (Å²) in [5.74, 6) is 1.16. The van der Waals surface area contributed by atoms with Gasteiger partial charge in [0.1, 0.15) is 0 Å². The molecule has 0 radical (unpaired) electrons. The number of benzene rings is 1. The summed E-state index contributed by atoms with van der Waals surface area (Å²) < 4.78 is 0. The van der Waals surface area contributed by atoms with Crippen molar-refractivity contribution < 1.29 is 4.79 Å². The van der Waals surface area contributed by atoms with E-state index in [9.17, 15) is 4.79 Å². The van der Waals surface area contributed by atoms with Crippen molar-refractivity contribution in [3.05, 3.63) is 35.0 Å². The fourth-order valence-electron chi connectivity index (χ4n) is 4.62. The van der Waals surface area contributed by atoms with Gasteiger partial charge in [-0.1, -0.05) is 0 Å². The smallest absolute Gasteiger partial charge is 0.237 e. The second-order valence-electron chi connectivity index (χ2n) is 8.09. The quantitative estimate of drug-likeness (QED) is 0.721. The lowest BCUT2D eigenvalue weighted by Crippen LogP contribution is -2.37. The number of aromatic amines is 2. The van der Waals surface area contributed by atoms with Gasteiger partial charge >= 0.3 is 0 Å². The first-order valence-corrected chi connectivity index (χ1v) is 10.9. The van der Waals surface area contributed by atoms with E-state index in [1.54, 1.807) is 11.8 Å². The zero-order chi connectivity index (χ0) is 18.8. The largest absolute Gasteiger partial charge is 0.353 e. The topological polar surface area (TPSA) is 64.8 Å². The summed E-state index contributed by atoms with van der Waals surface area (Å²) in [5, 5.41) is 8.68. The van der Waals surface area contributed by atoms with Crippen LogP contribution in [0.15, 0.2) is 18.3 Å². The molecule has 3 heterocycles. The minimum Gasteiger partial charge on any atom is -0.353 e. The lowest BCUT2D eigenvalue weighted by atomic mass is 9.85. The minimum atomic E-state index is -0.483. The molecule has 2 aliphatic rings. The van der Waals surface area contributed by atoms with Gasteiger partial charge in [0, 0.05) is 28.9 Å². The van der Waals surface area contributed by atoms with E-state index in [2.05, 4.69) is 33.6 Å². The van der Waals surface area contributed by atoms with E-state index in [1.165, 1.54) is 22.2 Å². The number of hydrogen-bond acceptors (Lipinski definition) is 3. The second kappa shape index (κ2) is 5.89. The van der Waals surface area contributed by atoms with Crippen molar-refractivity contribution >= 4 is 34.3 Å². The first-order chi connectivity index (χ1) is 13.0. The van der Waals surface area contributed by atoms with Gasteiger partial charge in [0.15, 0.2) is 0 Å². The molecule has 27 heavy (non-hydrogen) atoms. The van der Waals surface area contributed by atoms with E-state index < -0.39 is 5.41 Å². The van der Waals surface area contributed by atoms with Crippen molar-refractivity contribution in [2.45, 2.75) is 38.5 Å². The Kier molecular flexibility index (Phi) is 3.69. The number of anilines is 1. The predicted molar refractivity (Wildman–Crippen MR) is 112 cm³/mol. The molecule has 5 nitrogen and oxygen atoms in total. The van der Waals surface area contributed by atoms with Crippen molar-refractivity contribution in [2.75, 3.05) is 23.5 Å². The van der Waals surface area contributed by atoms with Crippen molar-refractivity contribution in [2.24, 2.45) is 0 Å². The number of nitrogens with zero attached hydrogens (tertiary/aromatic N) is 2. The number of H-pyrrole nitrogens is 2. The van der Waals surface area contributed by atoms with E-state index in [1.807, 2.05) is 24.9 Å². The number of amides is 1. The Morgan fingerprint density at radius 2 is 2.11 bits per heavy atom. The van der Waals surface area contributed by atoms with Crippen LogP contribution in [0.5, 0.6) is 0 Å². The predicted octanol–water partition coefficient (Wildman–Crippen LogP) is 4.03. The molecule has 1 amide bonds. The molecule has 6 heteroatoms. The Bertz CT molecular complexity index is 1060. The zero-order valence-electron chi connectivity index (χ0n) is 16.0.